The first-order chi connectivity index (χ1) is 13.0. The maximum Gasteiger partial charge on any atom is 0.243 e. The molecule has 0 saturated carbocycles. The molecule has 2 aromatic carbocycles. The molecular formula is C20H22N2O5. The maximum atomic E-state index is 12.3. The number of anilines is 1. The molecule has 0 aromatic heterocycles. The van der Waals surface area contributed by atoms with Crippen molar-refractivity contribution >= 4 is 17.5 Å². The van der Waals surface area contributed by atoms with Crippen LogP contribution in [-0.2, 0) is 16.0 Å². The lowest BCUT2D eigenvalue weighted by Crippen LogP contribution is -2.38. The molecule has 7 heteroatoms. The minimum absolute atomic E-state index is 0.0201. The highest BCUT2D eigenvalue weighted by atomic mass is 16.7. The summed E-state index contributed by atoms with van der Waals surface area (Å²) >= 11 is 0. The van der Waals surface area contributed by atoms with Crippen molar-refractivity contribution in [2.45, 2.75) is 13.3 Å². The molecule has 2 amide bonds. The molecule has 1 N–H and O–H groups in total. The van der Waals surface area contributed by atoms with Crippen molar-refractivity contribution in [1.29, 1.82) is 0 Å². The largest absolute Gasteiger partial charge is 0.497 e. The van der Waals surface area contributed by atoms with Gasteiger partial charge in [-0.05, 0) is 36.2 Å². The molecule has 142 valence electrons. The van der Waals surface area contributed by atoms with E-state index in [0.29, 0.717) is 30.2 Å². The van der Waals surface area contributed by atoms with Crippen LogP contribution in [0.1, 0.15) is 12.5 Å². The summed E-state index contributed by atoms with van der Waals surface area (Å²) in [5.41, 5.74) is 1.64. The van der Waals surface area contributed by atoms with Gasteiger partial charge in [-0.3, -0.25) is 9.59 Å². The van der Waals surface area contributed by atoms with Gasteiger partial charge in [0.05, 0.1) is 13.7 Å². The first kappa shape index (κ1) is 18.6. The Hall–Kier alpha value is -3.22. The lowest BCUT2D eigenvalue weighted by molar-refractivity contribution is -0.132. The number of hydrogen-bond acceptors (Lipinski definition) is 5. The highest BCUT2D eigenvalue weighted by Crippen LogP contribution is 2.34. The summed E-state index contributed by atoms with van der Waals surface area (Å²) in [5.74, 6) is 1.58. The van der Waals surface area contributed by atoms with Crippen molar-refractivity contribution in [2.24, 2.45) is 0 Å². The van der Waals surface area contributed by atoms with Crippen molar-refractivity contribution in [1.82, 2.24) is 4.90 Å². The first-order valence-corrected chi connectivity index (χ1v) is 8.63. The predicted octanol–water partition coefficient (Wildman–Crippen LogP) is 2.45. The van der Waals surface area contributed by atoms with Crippen LogP contribution in [0.3, 0.4) is 0 Å². The molecule has 0 aliphatic carbocycles. The Morgan fingerprint density at radius 2 is 1.96 bits per heavy atom. The fraction of sp³-hybridized carbons (Fsp3) is 0.300. The molecule has 0 bridgehead atoms. The predicted molar refractivity (Wildman–Crippen MR) is 100 cm³/mol. The van der Waals surface area contributed by atoms with Crippen LogP contribution in [0, 0.1) is 0 Å². The molecule has 0 spiro atoms. The number of rotatable bonds is 7. The fourth-order valence-corrected chi connectivity index (χ4v) is 2.79. The summed E-state index contributed by atoms with van der Waals surface area (Å²) < 4.78 is 15.8. The average Bonchev–Trinajstić information content (AvgIpc) is 3.12. The summed E-state index contributed by atoms with van der Waals surface area (Å²) in [4.78, 5) is 25.8. The standard InChI is InChI=1S/C20H22N2O5/c1-14(23)22(9-8-15-4-3-5-17(10-15)25-2)12-20(24)21-16-6-7-18-19(11-16)27-13-26-18/h3-7,10-11H,8-9,12-13H2,1-2H3,(H,21,24). The zero-order valence-corrected chi connectivity index (χ0v) is 15.4. The number of hydrogen-bond donors (Lipinski definition) is 1. The van der Waals surface area contributed by atoms with Gasteiger partial charge >= 0.3 is 0 Å². The second kappa shape index (κ2) is 8.44. The second-order valence-corrected chi connectivity index (χ2v) is 6.16. The summed E-state index contributed by atoms with van der Waals surface area (Å²) in [6, 6.07) is 12.8. The van der Waals surface area contributed by atoms with E-state index in [1.165, 1.54) is 11.8 Å². The number of methoxy groups -OCH3 is 1. The van der Waals surface area contributed by atoms with Crippen LogP contribution in [0.4, 0.5) is 5.69 Å². The van der Waals surface area contributed by atoms with Crippen LogP contribution >= 0.6 is 0 Å². The molecule has 0 unspecified atom stereocenters. The van der Waals surface area contributed by atoms with Crippen LogP contribution in [0.5, 0.6) is 17.2 Å². The number of ether oxygens (including phenoxy) is 3. The number of carbonyl (C=O) groups is 2. The number of fused-ring (bicyclic) bond motifs is 1. The second-order valence-electron chi connectivity index (χ2n) is 6.16. The highest BCUT2D eigenvalue weighted by molar-refractivity contribution is 5.94. The van der Waals surface area contributed by atoms with E-state index in [4.69, 9.17) is 14.2 Å². The maximum absolute atomic E-state index is 12.3. The van der Waals surface area contributed by atoms with E-state index in [9.17, 15) is 9.59 Å². The smallest absolute Gasteiger partial charge is 0.243 e. The Balaban J connectivity index is 1.56. The number of benzene rings is 2. The molecule has 3 rings (SSSR count). The molecular weight excluding hydrogens is 348 g/mol. The molecule has 0 atom stereocenters. The van der Waals surface area contributed by atoms with Gasteiger partial charge in [0.2, 0.25) is 18.6 Å². The highest BCUT2D eigenvalue weighted by Gasteiger charge is 2.17. The third-order valence-electron chi connectivity index (χ3n) is 4.24. The summed E-state index contributed by atoms with van der Waals surface area (Å²) in [6.45, 7) is 2.05. The Morgan fingerprint density at radius 1 is 1.15 bits per heavy atom. The molecule has 1 aliphatic rings. The summed E-state index contributed by atoms with van der Waals surface area (Å²) in [6.07, 6.45) is 0.633. The quantitative estimate of drug-likeness (QED) is 0.810. The molecule has 7 nitrogen and oxygen atoms in total. The van der Waals surface area contributed by atoms with Crippen molar-refractivity contribution < 1.29 is 23.8 Å². The van der Waals surface area contributed by atoms with Gasteiger partial charge in [-0.25, -0.2) is 0 Å². The molecule has 0 radical (unpaired) electrons. The number of amides is 2. The van der Waals surface area contributed by atoms with Crippen molar-refractivity contribution in [3.8, 4) is 17.2 Å². The van der Waals surface area contributed by atoms with Crippen LogP contribution < -0.4 is 19.5 Å². The van der Waals surface area contributed by atoms with Gasteiger partial charge < -0.3 is 24.4 Å². The fourth-order valence-electron chi connectivity index (χ4n) is 2.79. The Bertz CT molecular complexity index is 837. The monoisotopic (exact) mass is 370 g/mol. The normalized spacial score (nSPS) is 11.8. The topological polar surface area (TPSA) is 77.1 Å². The molecule has 0 saturated heterocycles. The van der Waals surface area contributed by atoms with E-state index in [1.807, 2.05) is 24.3 Å². The van der Waals surface area contributed by atoms with Gasteiger partial charge in [0.25, 0.3) is 0 Å². The Kier molecular flexibility index (Phi) is 5.80. The van der Waals surface area contributed by atoms with E-state index < -0.39 is 0 Å². The zero-order valence-electron chi connectivity index (χ0n) is 15.4. The van der Waals surface area contributed by atoms with Crippen LogP contribution in [0.2, 0.25) is 0 Å². The van der Waals surface area contributed by atoms with E-state index in [-0.39, 0.29) is 25.2 Å². The molecule has 1 aliphatic heterocycles. The van der Waals surface area contributed by atoms with Crippen molar-refractivity contribution in [3.05, 3.63) is 48.0 Å². The minimum atomic E-state index is -0.269. The van der Waals surface area contributed by atoms with Crippen molar-refractivity contribution in [2.75, 3.05) is 32.3 Å². The lowest BCUT2D eigenvalue weighted by Gasteiger charge is -2.20. The summed E-state index contributed by atoms with van der Waals surface area (Å²) in [5, 5.41) is 2.79. The van der Waals surface area contributed by atoms with Gasteiger partial charge in [-0.2, -0.15) is 0 Å². The number of nitrogens with one attached hydrogen (secondary N) is 1. The van der Waals surface area contributed by atoms with E-state index >= 15 is 0 Å². The number of nitrogens with zero attached hydrogens (tertiary/aromatic N) is 1. The Labute approximate surface area is 157 Å². The van der Waals surface area contributed by atoms with E-state index in [1.54, 1.807) is 25.3 Å². The van der Waals surface area contributed by atoms with Crippen LogP contribution in [0.15, 0.2) is 42.5 Å². The van der Waals surface area contributed by atoms with Gasteiger partial charge in [-0.15, -0.1) is 0 Å². The molecule has 0 fully saturated rings. The molecule has 27 heavy (non-hydrogen) atoms. The third-order valence-corrected chi connectivity index (χ3v) is 4.24. The SMILES string of the molecule is COc1cccc(CCN(CC(=O)Nc2ccc3c(c2)OCO3)C(C)=O)c1. The average molecular weight is 370 g/mol. The van der Waals surface area contributed by atoms with Crippen LogP contribution in [0.25, 0.3) is 0 Å². The third kappa shape index (κ3) is 4.91. The molecule has 1 heterocycles. The lowest BCUT2D eigenvalue weighted by atomic mass is 10.1. The van der Waals surface area contributed by atoms with E-state index in [2.05, 4.69) is 5.32 Å². The van der Waals surface area contributed by atoms with E-state index in [0.717, 1.165) is 11.3 Å². The van der Waals surface area contributed by atoms with Gasteiger partial charge in [0.1, 0.15) is 5.75 Å². The number of carbonyl (C=O) groups excluding carboxylic acids is 2. The summed E-state index contributed by atoms with van der Waals surface area (Å²) in [7, 11) is 1.61. The van der Waals surface area contributed by atoms with Crippen molar-refractivity contribution in [3.63, 3.8) is 0 Å². The van der Waals surface area contributed by atoms with Gasteiger partial charge in [0.15, 0.2) is 11.5 Å². The van der Waals surface area contributed by atoms with Gasteiger partial charge in [0, 0.05) is 25.2 Å². The first-order valence-electron chi connectivity index (χ1n) is 8.63. The van der Waals surface area contributed by atoms with Crippen LogP contribution in [-0.4, -0.2) is 43.7 Å². The zero-order chi connectivity index (χ0) is 19.2. The Morgan fingerprint density at radius 3 is 2.74 bits per heavy atom. The molecule has 2 aromatic rings. The van der Waals surface area contributed by atoms with Gasteiger partial charge in [-0.1, -0.05) is 12.1 Å². The minimum Gasteiger partial charge on any atom is -0.497 e.